The van der Waals surface area contributed by atoms with Crippen molar-refractivity contribution in [2.45, 2.75) is 57.6 Å². The monoisotopic (exact) mass is 209 g/mol. The van der Waals surface area contributed by atoms with E-state index in [1.54, 1.807) is 0 Å². The van der Waals surface area contributed by atoms with Crippen molar-refractivity contribution in [2.24, 2.45) is 0 Å². The van der Waals surface area contributed by atoms with Crippen LogP contribution in [0.2, 0.25) is 0 Å². The van der Waals surface area contributed by atoms with Crippen LogP contribution >= 0.6 is 0 Å². The first kappa shape index (κ1) is 11.2. The number of rotatable bonds is 3. The van der Waals surface area contributed by atoms with Crippen LogP contribution in [0.4, 0.5) is 0 Å². The summed E-state index contributed by atoms with van der Waals surface area (Å²) in [5.74, 6) is 0. The van der Waals surface area contributed by atoms with Gasteiger partial charge in [0.15, 0.2) is 0 Å². The highest BCUT2D eigenvalue weighted by Crippen LogP contribution is 2.19. The molecule has 0 aliphatic carbocycles. The first-order valence-corrected chi connectivity index (χ1v) is 6.37. The van der Waals surface area contributed by atoms with Gasteiger partial charge in [-0.25, -0.2) is 0 Å². The van der Waals surface area contributed by atoms with Crippen molar-refractivity contribution in [2.75, 3.05) is 13.2 Å². The van der Waals surface area contributed by atoms with Crippen molar-refractivity contribution < 1.29 is 4.74 Å². The Morgan fingerprint density at radius 1 is 1.33 bits per heavy atom. The van der Waals surface area contributed by atoms with Crippen LogP contribution in [0.3, 0.4) is 0 Å². The summed E-state index contributed by atoms with van der Waals surface area (Å²) in [6.07, 6.45) is 10.5. The highest BCUT2D eigenvalue weighted by molar-refractivity contribution is 5.05. The van der Waals surface area contributed by atoms with Crippen molar-refractivity contribution in [3.05, 3.63) is 11.6 Å². The molecule has 2 heterocycles. The van der Waals surface area contributed by atoms with Gasteiger partial charge < -0.3 is 10.1 Å². The zero-order chi connectivity index (χ0) is 10.5. The number of hydrogen-bond acceptors (Lipinski definition) is 2. The van der Waals surface area contributed by atoms with Gasteiger partial charge in [-0.15, -0.1) is 0 Å². The fourth-order valence-corrected chi connectivity index (χ4v) is 2.61. The van der Waals surface area contributed by atoms with E-state index in [1.165, 1.54) is 50.6 Å². The summed E-state index contributed by atoms with van der Waals surface area (Å²) in [7, 11) is 0. The second kappa shape index (κ2) is 5.66. The van der Waals surface area contributed by atoms with Crippen LogP contribution in [-0.2, 0) is 4.74 Å². The molecule has 0 bridgehead atoms. The molecule has 0 aromatic rings. The minimum atomic E-state index is 0.411. The van der Waals surface area contributed by atoms with Crippen LogP contribution in [0.15, 0.2) is 11.6 Å². The molecule has 2 rings (SSSR count). The Bertz CT molecular complexity index is 213. The van der Waals surface area contributed by atoms with Crippen molar-refractivity contribution in [3.8, 4) is 0 Å². The van der Waals surface area contributed by atoms with Gasteiger partial charge in [-0.1, -0.05) is 18.1 Å². The largest absolute Gasteiger partial charge is 0.374 e. The Labute approximate surface area is 93.1 Å². The van der Waals surface area contributed by atoms with E-state index in [4.69, 9.17) is 4.74 Å². The summed E-state index contributed by atoms with van der Waals surface area (Å²) in [5.41, 5.74) is 1.50. The summed E-state index contributed by atoms with van der Waals surface area (Å²) >= 11 is 0. The molecule has 2 fully saturated rings. The van der Waals surface area contributed by atoms with Gasteiger partial charge in [0.1, 0.15) is 0 Å². The number of nitrogens with one attached hydrogen (secondary N) is 1. The molecule has 2 nitrogen and oxygen atoms in total. The average Bonchev–Trinajstić information content (AvgIpc) is 2.71. The molecule has 0 spiro atoms. The summed E-state index contributed by atoms with van der Waals surface area (Å²) in [4.78, 5) is 0. The molecule has 2 saturated heterocycles. The standard InChI is InChI=1S/C13H23NO/c1-11(10-13-6-4-8-15-13)9-12-5-2-3-7-14-12/h10,12-14H,2-9H2,1H3. The highest BCUT2D eigenvalue weighted by atomic mass is 16.5. The van der Waals surface area contributed by atoms with Gasteiger partial charge in [0, 0.05) is 12.6 Å². The molecule has 0 amide bonds. The smallest absolute Gasteiger partial charge is 0.0759 e. The van der Waals surface area contributed by atoms with E-state index in [1.807, 2.05) is 0 Å². The van der Waals surface area contributed by atoms with Gasteiger partial charge in [0.05, 0.1) is 6.10 Å². The predicted octanol–water partition coefficient (Wildman–Crippen LogP) is 2.64. The highest BCUT2D eigenvalue weighted by Gasteiger charge is 2.15. The van der Waals surface area contributed by atoms with Gasteiger partial charge in [-0.05, 0) is 45.6 Å². The van der Waals surface area contributed by atoms with E-state index in [0.717, 1.165) is 12.6 Å². The lowest BCUT2D eigenvalue weighted by Gasteiger charge is -2.23. The van der Waals surface area contributed by atoms with Gasteiger partial charge in [-0.2, -0.15) is 0 Å². The lowest BCUT2D eigenvalue weighted by molar-refractivity contribution is 0.145. The van der Waals surface area contributed by atoms with Crippen molar-refractivity contribution >= 4 is 0 Å². The summed E-state index contributed by atoms with van der Waals surface area (Å²) in [5, 5.41) is 3.59. The van der Waals surface area contributed by atoms with Crippen molar-refractivity contribution in [1.82, 2.24) is 5.32 Å². The lowest BCUT2D eigenvalue weighted by atomic mass is 9.97. The molecule has 86 valence electrons. The molecule has 0 saturated carbocycles. The fourth-order valence-electron chi connectivity index (χ4n) is 2.61. The van der Waals surface area contributed by atoms with Crippen molar-refractivity contribution in [1.29, 1.82) is 0 Å². The summed E-state index contributed by atoms with van der Waals surface area (Å²) in [6.45, 7) is 4.41. The molecule has 1 N–H and O–H groups in total. The van der Waals surface area contributed by atoms with Gasteiger partial charge in [0.25, 0.3) is 0 Å². The molecule has 2 aliphatic heterocycles. The Kier molecular flexibility index (Phi) is 4.21. The molecule has 0 radical (unpaired) electrons. The van der Waals surface area contributed by atoms with Crippen LogP contribution in [-0.4, -0.2) is 25.3 Å². The first-order chi connectivity index (χ1) is 7.34. The van der Waals surface area contributed by atoms with Gasteiger partial charge >= 0.3 is 0 Å². The topological polar surface area (TPSA) is 21.3 Å². The van der Waals surface area contributed by atoms with E-state index >= 15 is 0 Å². The molecule has 2 heteroatoms. The molecular formula is C13H23NO. The van der Waals surface area contributed by atoms with E-state index in [0.29, 0.717) is 6.10 Å². The van der Waals surface area contributed by atoms with Crippen LogP contribution in [0.5, 0.6) is 0 Å². The zero-order valence-corrected chi connectivity index (χ0v) is 9.80. The third kappa shape index (κ3) is 3.62. The summed E-state index contributed by atoms with van der Waals surface area (Å²) < 4.78 is 5.62. The van der Waals surface area contributed by atoms with E-state index in [2.05, 4.69) is 18.3 Å². The molecule has 15 heavy (non-hydrogen) atoms. The SMILES string of the molecule is CC(=CC1CCCO1)CC1CCCCN1. The Hall–Kier alpha value is -0.340. The lowest BCUT2D eigenvalue weighted by Crippen LogP contribution is -2.34. The first-order valence-electron chi connectivity index (χ1n) is 6.37. The van der Waals surface area contributed by atoms with E-state index < -0.39 is 0 Å². The van der Waals surface area contributed by atoms with Crippen LogP contribution in [0, 0.1) is 0 Å². The molecule has 2 aliphatic rings. The van der Waals surface area contributed by atoms with Crippen LogP contribution in [0.25, 0.3) is 0 Å². The molecule has 0 aromatic heterocycles. The van der Waals surface area contributed by atoms with Crippen molar-refractivity contribution in [3.63, 3.8) is 0 Å². The Morgan fingerprint density at radius 3 is 2.93 bits per heavy atom. The Morgan fingerprint density at radius 2 is 2.27 bits per heavy atom. The predicted molar refractivity (Wildman–Crippen MR) is 63.0 cm³/mol. The van der Waals surface area contributed by atoms with Crippen LogP contribution < -0.4 is 5.32 Å². The van der Waals surface area contributed by atoms with Gasteiger partial charge in [0.2, 0.25) is 0 Å². The minimum Gasteiger partial charge on any atom is -0.374 e. The van der Waals surface area contributed by atoms with Crippen LogP contribution in [0.1, 0.15) is 45.4 Å². The minimum absolute atomic E-state index is 0.411. The normalized spacial score (nSPS) is 33.3. The number of ether oxygens (including phenoxy) is 1. The molecular weight excluding hydrogens is 186 g/mol. The summed E-state index contributed by atoms with van der Waals surface area (Å²) in [6, 6.07) is 0.719. The maximum atomic E-state index is 5.62. The average molecular weight is 209 g/mol. The maximum Gasteiger partial charge on any atom is 0.0759 e. The molecule has 0 aromatic carbocycles. The Balaban J connectivity index is 1.76. The third-order valence-electron chi connectivity index (χ3n) is 3.42. The number of piperidine rings is 1. The molecule has 2 unspecified atom stereocenters. The molecule has 2 atom stereocenters. The van der Waals surface area contributed by atoms with Gasteiger partial charge in [-0.3, -0.25) is 0 Å². The quantitative estimate of drug-likeness (QED) is 0.721. The third-order valence-corrected chi connectivity index (χ3v) is 3.42. The van der Waals surface area contributed by atoms with E-state index in [-0.39, 0.29) is 0 Å². The maximum absolute atomic E-state index is 5.62. The number of hydrogen-bond donors (Lipinski definition) is 1. The zero-order valence-electron chi connectivity index (χ0n) is 9.80. The van der Waals surface area contributed by atoms with E-state index in [9.17, 15) is 0 Å². The fraction of sp³-hybridized carbons (Fsp3) is 0.846. The second-order valence-electron chi connectivity index (χ2n) is 4.92. The second-order valence-corrected chi connectivity index (χ2v) is 4.92.